The van der Waals surface area contributed by atoms with Crippen molar-refractivity contribution in [3.05, 3.63) is 53.1 Å². The fourth-order valence-corrected chi connectivity index (χ4v) is 5.46. The van der Waals surface area contributed by atoms with E-state index in [1.165, 1.54) is 29.9 Å². The SMILES string of the molecule is COC(=O)Cn1/c(=N/S(=O)(=O)c2ccc(F)cc2)sc2cc(S(C)(=O)=O)ccc21. The summed E-state index contributed by atoms with van der Waals surface area (Å²) in [5, 5.41) is 0. The highest BCUT2D eigenvalue weighted by atomic mass is 32.2. The standard InChI is InChI=1S/C17H15FN2O6S3/c1-26-16(21)10-20-14-8-7-13(28(2,22)23)9-15(14)27-17(20)19-29(24,25)12-5-3-11(18)4-6-12/h3-9H,10H2,1-2H3/b19-17-. The molecule has 0 saturated heterocycles. The van der Waals surface area contributed by atoms with Gasteiger partial charge < -0.3 is 9.30 Å². The molecule has 1 heterocycles. The van der Waals surface area contributed by atoms with Gasteiger partial charge in [-0.3, -0.25) is 4.79 Å². The molecule has 3 rings (SSSR count). The number of ether oxygens (including phenoxy) is 1. The summed E-state index contributed by atoms with van der Waals surface area (Å²) in [4.78, 5) is 11.6. The Kier molecular flexibility index (Phi) is 5.61. The van der Waals surface area contributed by atoms with E-state index in [1.54, 1.807) is 0 Å². The smallest absolute Gasteiger partial charge is 0.325 e. The van der Waals surface area contributed by atoms with Crippen molar-refractivity contribution in [1.29, 1.82) is 0 Å². The van der Waals surface area contributed by atoms with E-state index in [9.17, 15) is 26.0 Å². The second-order valence-electron chi connectivity index (χ2n) is 5.97. The Bertz CT molecular complexity index is 1370. The molecule has 1 aromatic heterocycles. The zero-order chi connectivity index (χ0) is 21.4. The van der Waals surface area contributed by atoms with Gasteiger partial charge in [-0.25, -0.2) is 12.8 Å². The van der Waals surface area contributed by atoms with E-state index in [4.69, 9.17) is 0 Å². The van der Waals surface area contributed by atoms with Crippen molar-refractivity contribution in [3.8, 4) is 0 Å². The predicted octanol–water partition coefficient (Wildman–Crippen LogP) is 1.71. The highest BCUT2D eigenvalue weighted by Crippen LogP contribution is 2.23. The van der Waals surface area contributed by atoms with Gasteiger partial charge in [0.05, 0.1) is 27.1 Å². The van der Waals surface area contributed by atoms with Crippen LogP contribution in [0.25, 0.3) is 10.2 Å². The number of nitrogens with zero attached hydrogens (tertiary/aromatic N) is 2. The summed E-state index contributed by atoms with van der Waals surface area (Å²) in [5.74, 6) is -1.24. The molecule has 3 aromatic rings. The van der Waals surface area contributed by atoms with Crippen LogP contribution in [-0.2, 0) is 35.9 Å². The van der Waals surface area contributed by atoms with E-state index >= 15 is 0 Å². The number of hydrogen-bond donors (Lipinski definition) is 0. The summed E-state index contributed by atoms with van der Waals surface area (Å²) in [5.41, 5.74) is 0.417. The number of halogens is 1. The van der Waals surface area contributed by atoms with Gasteiger partial charge in [0.15, 0.2) is 9.84 Å². The minimum Gasteiger partial charge on any atom is -0.468 e. The Morgan fingerprint density at radius 3 is 2.31 bits per heavy atom. The van der Waals surface area contributed by atoms with Crippen LogP contribution in [-0.4, -0.2) is 40.7 Å². The normalized spacial score (nSPS) is 13.0. The summed E-state index contributed by atoms with van der Waals surface area (Å²) < 4.78 is 72.1. The van der Waals surface area contributed by atoms with Crippen molar-refractivity contribution in [3.63, 3.8) is 0 Å². The summed E-state index contributed by atoms with van der Waals surface area (Å²) in [6.07, 6.45) is 1.05. The van der Waals surface area contributed by atoms with E-state index in [2.05, 4.69) is 9.13 Å². The highest BCUT2D eigenvalue weighted by molar-refractivity contribution is 7.90. The number of rotatable bonds is 5. The lowest BCUT2D eigenvalue weighted by atomic mass is 10.3. The summed E-state index contributed by atoms with van der Waals surface area (Å²) >= 11 is 0.902. The minimum atomic E-state index is -4.20. The molecule has 0 spiro atoms. The first kappa shape index (κ1) is 21.1. The van der Waals surface area contributed by atoms with Crippen LogP contribution in [0, 0.1) is 5.82 Å². The van der Waals surface area contributed by atoms with Gasteiger partial charge in [-0.05, 0) is 42.5 Å². The van der Waals surface area contributed by atoms with Crippen molar-refractivity contribution in [2.75, 3.05) is 13.4 Å². The number of sulfonamides is 1. The van der Waals surface area contributed by atoms with Gasteiger partial charge in [0.1, 0.15) is 12.4 Å². The molecule has 0 atom stereocenters. The first-order valence-electron chi connectivity index (χ1n) is 7.98. The lowest BCUT2D eigenvalue weighted by molar-refractivity contribution is -0.141. The van der Waals surface area contributed by atoms with Crippen LogP contribution in [0.15, 0.2) is 56.7 Å². The van der Waals surface area contributed by atoms with Crippen LogP contribution in [0.4, 0.5) is 4.39 Å². The van der Waals surface area contributed by atoms with Crippen molar-refractivity contribution in [2.24, 2.45) is 4.40 Å². The minimum absolute atomic E-state index is 0.0457. The number of carbonyl (C=O) groups is 1. The quantitative estimate of drug-likeness (QED) is 0.538. The molecular weight excluding hydrogens is 443 g/mol. The van der Waals surface area contributed by atoms with E-state index in [1.807, 2.05) is 0 Å². The molecule has 0 N–H and O–H groups in total. The lowest BCUT2D eigenvalue weighted by Gasteiger charge is -2.04. The van der Waals surface area contributed by atoms with Gasteiger partial charge in [0.25, 0.3) is 10.0 Å². The van der Waals surface area contributed by atoms with E-state index in [0.29, 0.717) is 10.2 Å². The monoisotopic (exact) mass is 458 g/mol. The third kappa shape index (κ3) is 4.54. The third-order valence-electron chi connectivity index (χ3n) is 3.91. The highest BCUT2D eigenvalue weighted by Gasteiger charge is 2.18. The molecule has 12 heteroatoms. The summed E-state index contributed by atoms with van der Waals surface area (Å²) in [7, 11) is -6.50. The predicted molar refractivity (Wildman–Crippen MR) is 104 cm³/mol. The van der Waals surface area contributed by atoms with E-state index in [0.717, 1.165) is 41.9 Å². The average Bonchev–Trinajstić information content (AvgIpc) is 2.97. The topological polar surface area (TPSA) is 112 Å². The first-order chi connectivity index (χ1) is 13.5. The van der Waals surface area contributed by atoms with Gasteiger partial charge in [0.2, 0.25) is 4.80 Å². The van der Waals surface area contributed by atoms with Crippen LogP contribution in [0.2, 0.25) is 0 Å². The Morgan fingerprint density at radius 1 is 1.10 bits per heavy atom. The number of sulfone groups is 1. The molecule has 0 aliphatic rings. The number of hydrogen-bond acceptors (Lipinski definition) is 7. The maximum Gasteiger partial charge on any atom is 0.325 e. The van der Waals surface area contributed by atoms with E-state index in [-0.39, 0.29) is 21.1 Å². The van der Waals surface area contributed by atoms with Gasteiger partial charge in [-0.1, -0.05) is 11.3 Å². The molecule has 0 aliphatic carbocycles. The third-order valence-corrected chi connectivity index (χ3v) is 7.46. The molecule has 0 unspecified atom stereocenters. The molecule has 0 radical (unpaired) electrons. The van der Waals surface area contributed by atoms with Crippen LogP contribution < -0.4 is 4.80 Å². The second kappa shape index (κ2) is 7.69. The Balaban J connectivity index is 2.26. The number of aromatic nitrogens is 1. The zero-order valence-electron chi connectivity index (χ0n) is 15.2. The Hall–Kier alpha value is -2.57. The van der Waals surface area contributed by atoms with E-state index < -0.39 is 31.6 Å². The molecule has 8 nitrogen and oxygen atoms in total. The Morgan fingerprint density at radius 2 is 1.72 bits per heavy atom. The lowest BCUT2D eigenvalue weighted by Crippen LogP contribution is -2.22. The number of fused-ring (bicyclic) bond motifs is 1. The van der Waals surface area contributed by atoms with Gasteiger partial charge in [-0.2, -0.15) is 8.42 Å². The van der Waals surface area contributed by atoms with Crippen LogP contribution in [0.5, 0.6) is 0 Å². The molecule has 29 heavy (non-hydrogen) atoms. The summed E-state index contributed by atoms with van der Waals surface area (Å²) in [6, 6.07) is 8.35. The summed E-state index contributed by atoms with van der Waals surface area (Å²) in [6.45, 7) is -0.327. The number of carbonyl (C=O) groups excluding carboxylic acids is 1. The van der Waals surface area contributed by atoms with Crippen LogP contribution in [0.1, 0.15) is 0 Å². The molecule has 154 valence electrons. The second-order valence-corrected chi connectivity index (χ2v) is 10.6. The number of esters is 1. The van der Waals surface area contributed by atoms with Crippen molar-refractivity contribution >= 4 is 47.4 Å². The fraction of sp³-hybridized carbons (Fsp3) is 0.176. The fourth-order valence-electron chi connectivity index (χ4n) is 2.46. The van der Waals surface area contributed by atoms with Gasteiger partial charge in [-0.15, -0.1) is 4.40 Å². The first-order valence-corrected chi connectivity index (χ1v) is 12.1. The number of benzene rings is 2. The molecule has 0 aliphatic heterocycles. The maximum absolute atomic E-state index is 13.1. The number of methoxy groups -OCH3 is 1. The van der Waals surface area contributed by atoms with Crippen LogP contribution >= 0.6 is 11.3 Å². The largest absolute Gasteiger partial charge is 0.468 e. The molecule has 0 amide bonds. The average molecular weight is 459 g/mol. The van der Waals surface area contributed by atoms with Gasteiger partial charge in [0, 0.05) is 6.26 Å². The molecule has 0 fully saturated rings. The molecule has 0 saturated carbocycles. The zero-order valence-corrected chi connectivity index (χ0v) is 17.6. The maximum atomic E-state index is 13.1. The van der Waals surface area contributed by atoms with Crippen molar-refractivity contribution < 1.29 is 30.8 Å². The number of thiazole rings is 1. The molecule has 0 bridgehead atoms. The Labute approximate surface area is 169 Å². The van der Waals surface area contributed by atoms with Gasteiger partial charge >= 0.3 is 5.97 Å². The molecule has 2 aromatic carbocycles. The van der Waals surface area contributed by atoms with Crippen molar-refractivity contribution in [2.45, 2.75) is 16.3 Å². The molecular formula is C17H15FN2O6S3. The van der Waals surface area contributed by atoms with Crippen molar-refractivity contribution in [1.82, 2.24) is 4.57 Å². The van der Waals surface area contributed by atoms with Crippen LogP contribution in [0.3, 0.4) is 0 Å².